The molecule has 20 heavy (non-hydrogen) atoms. The van der Waals surface area contributed by atoms with Gasteiger partial charge in [0, 0.05) is 13.1 Å². The van der Waals surface area contributed by atoms with Gasteiger partial charge in [-0.05, 0) is 37.5 Å². The minimum Gasteiger partial charge on any atom is -0.481 e. The summed E-state index contributed by atoms with van der Waals surface area (Å²) in [6.45, 7) is 5.65. The van der Waals surface area contributed by atoms with Gasteiger partial charge in [-0.25, -0.2) is 4.79 Å². The molecule has 1 aliphatic carbocycles. The van der Waals surface area contributed by atoms with E-state index in [-0.39, 0.29) is 11.9 Å². The second-order valence-corrected chi connectivity index (χ2v) is 5.83. The van der Waals surface area contributed by atoms with Crippen LogP contribution in [0, 0.1) is 17.8 Å². The number of carboxylic acid groups (broad SMARTS) is 1. The molecule has 0 aromatic carbocycles. The van der Waals surface area contributed by atoms with Crippen LogP contribution in [0.15, 0.2) is 0 Å². The maximum Gasteiger partial charge on any atom is 0.314 e. The van der Waals surface area contributed by atoms with Gasteiger partial charge in [0.25, 0.3) is 0 Å². The third-order valence-corrected chi connectivity index (χ3v) is 4.45. The fourth-order valence-electron chi connectivity index (χ4n) is 2.73. The van der Waals surface area contributed by atoms with Gasteiger partial charge in [0.2, 0.25) is 0 Å². The topological polar surface area (TPSA) is 78.4 Å². The Balaban J connectivity index is 2.14. The summed E-state index contributed by atoms with van der Waals surface area (Å²) in [5.74, 6) is 0.102. The van der Waals surface area contributed by atoms with E-state index in [1.54, 1.807) is 0 Å². The molecule has 1 aliphatic rings. The predicted octanol–water partition coefficient (Wildman–Crippen LogP) is 2.61. The lowest BCUT2D eigenvalue weighted by Crippen LogP contribution is -2.41. The fraction of sp³-hybridized carbons (Fsp3) is 0.867. The number of carboxylic acids is 1. The Labute approximate surface area is 121 Å². The van der Waals surface area contributed by atoms with E-state index in [1.165, 1.54) is 0 Å². The molecule has 1 rings (SSSR count). The van der Waals surface area contributed by atoms with Crippen LogP contribution in [0.4, 0.5) is 4.79 Å². The molecule has 2 amide bonds. The quantitative estimate of drug-likeness (QED) is 0.672. The second kappa shape index (κ2) is 8.82. The first-order chi connectivity index (χ1) is 9.56. The molecule has 0 saturated heterocycles. The Morgan fingerprint density at radius 3 is 2.20 bits per heavy atom. The van der Waals surface area contributed by atoms with E-state index in [2.05, 4.69) is 24.5 Å². The molecule has 0 atom stereocenters. The Hall–Kier alpha value is -1.26. The highest BCUT2D eigenvalue weighted by Crippen LogP contribution is 2.28. The van der Waals surface area contributed by atoms with Gasteiger partial charge in [0.15, 0.2) is 0 Å². The van der Waals surface area contributed by atoms with Crippen LogP contribution in [0.3, 0.4) is 0 Å². The van der Waals surface area contributed by atoms with Crippen LogP contribution in [0.5, 0.6) is 0 Å². The summed E-state index contributed by atoms with van der Waals surface area (Å²) in [7, 11) is 0. The van der Waals surface area contributed by atoms with Crippen molar-refractivity contribution in [2.24, 2.45) is 17.8 Å². The molecule has 0 aromatic heterocycles. The molecular weight excluding hydrogens is 256 g/mol. The van der Waals surface area contributed by atoms with Crippen molar-refractivity contribution in [2.45, 2.75) is 52.4 Å². The number of hydrogen-bond donors (Lipinski definition) is 3. The van der Waals surface area contributed by atoms with Gasteiger partial charge in [0.1, 0.15) is 0 Å². The lowest BCUT2D eigenvalue weighted by atomic mass is 9.82. The van der Waals surface area contributed by atoms with Crippen LogP contribution < -0.4 is 10.6 Å². The highest BCUT2D eigenvalue weighted by molar-refractivity contribution is 5.73. The smallest absolute Gasteiger partial charge is 0.314 e. The molecule has 0 unspecified atom stereocenters. The minimum absolute atomic E-state index is 0.0998. The number of carbonyl (C=O) groups is 2. The lowest BCUT2D eigenvalue weighted by Gasteiger charge is -2.26. The Morgan fingerprint density at radius 2 is 1.70 bits per heavy atom. The van der Waals surface area contributed by atoms with Gasteiger partial charge in [-0.15, -0.1) is 0 Å². The van der Waals surface area contributed by atoms with Crippen LogP contribution >= 0.6 is 0 Å². The molecule has 0 aromatic rings. The van der Waals surface area contributed by atoms with Crippen molar-refractivity contribution >= 4 is 12.0 Å². The number of hydrogen-bond acceptors (Lipinski definition) is 2. The maximum atomic E-state index is 11.7. The molecule has 3 N–H and O–H groups in total. The van der Waals surface area contributed by atoms with Crippen LogP contribution in [0.1, 0.15) is 52.4 Å². The molecule has 0 spiro atoms. The van der Waals surface area contributed by atoms with Crippen molar-refractivity contribution in [3.63, 3.8) is 0 Å². The van der Waals surface area contributed by atoms with E-state index < -0.39 is 5.97 Å². The van der Waals surface area contributed by atoms with Gasteiger partial charge in [0.05, 0.1) is 5.92 Å². The average Bonchev–Trinajstić information content (AvgIpc) is 2.46. The van der Waals surface area contributed by atoms with E-state index in [4.69, 9.17) is 5.11 Å². The molecule has 1 saturated carbocycles. The molecule has 5 nitrogen and oxygen atoms in total. The molecule has 0 radical (unpaired) electrons. The van der Waals surface area contributed by atoms with Crippen molar-refractivity contribution in [3.05, 3.63) is 0 Å². The number of amides is 2. The van der Waals surface area contributed by atoms with E-state index in [0.717, 1.165) is 45.1 Å². The molecular formula is C15H28N2O3. The molecule has 0 aliphatic heterocycles. The van der Waals surface area contributed by atoms with Crippen molar-refractivity contribution in [3.8, 4) is 0 Å². The number of aliphatic carboxylic acids is 1. The van der Waals surface area contributed by atoms with Crippen molar-refractivity contribution in [1.82, 2.24) is 10.6 Å². The van der Waals surface area contributed by atoms with Gasteiger partial charge >= 0.3 is 12.0 Å². The fourth-order valence-corrected chi connectivity index (χ4v) is 2.73. The monoisotopic (exact) mass is 284 g/mol. The molecule has 0 bridgehead atoms. The minimum atomic E-state index is -0.681. The molecule has 5 heteroatoms. The largest absolute Gasteiger partial charge is 0.481 e. The van der Waals surface area contributed by atoms with Gasteiger partial charge in [-0.3, -0.25) is 4.79 Å². The summed E-state index contributed by atoms with van der Waals surface area (Å²) in [5.41, 5.74) is 0. The zero-order valence-electron chi connectivity index (χ0n) is 12.7. The molecule has 1 fully saturated rings. The summed E-state index contributed by atoms with van der Waals surface area (Å²) in [6.07, 6.45) is 5.41. The van der Waals surface area contributed by atoms with E-state index in [9.17, 15) is 9.59 Å². The van der Waals surface area contributed by atoms with Gasteiger partial charge in [-0.1, -0.05) is 26.7 Å². The number of urea groups is 1. The van der Waals surface area contributed by atoms with Crippen molar-refractivity contribution in [2.75, 3.05) is 13.1 Å². The third kappa shape index (κ3) is 5.80. The molecule has 116 valence electrons. The first-order valence-corrected chi connectivity index (χ1v) is 7.81. The van der Waals surface area contributed by atoms with Gasteiger partial charge < -0.3 is 15.7 Å². The Kier molecular flexibility index (Phi) is 7.41. The molecule has 0 heterocycles. The normalized spacial score (nSPS) is 22.6. The summed E-state index contributed by atoms with van der Waals surface area (Å²) >= 11 is 0. The SMILES string of the molecule is CCC(CC)CNC(=O)NCC1CCC(C(=O)O)CC1. The zero-order chi connectivity index (χ0) is 15.0. The van der Waals surface area contributed by atoms with E-state index >= 15 is 0 Å². The average molecular weight is 284 g/mol. The van der Waals surface area contributed by atoms with Crippen LogP contribution in [0.25, 0.3) is 0 Å². The highest BCUT2D eigenvalue weighted by atomic mass is 16.4. The predicted molar refractivity (Wildman–Crippen MR) is 78.6 cm³/mol. The van der Waals surface area contributed by atoms with E-state index in [1.807, 2.05) is 0 Å². The summed E-state index contributed by atoms with van der Waals surface area (Å²) in [5, 5.41) is 14.7. The number of rotatable bonds is 7. The van der Waals surface area contributed by atoms with Gasteiger partial charge in [-0.2, -0.15) is 0 Å². The zero-order valence-corrected chi connectivity index (χ0v) is 12.7. The summed E-state index contributed by atoms with van der Waals surface area (Å²) in [6, 6.07) is -0.0998. The standard InChI is InChI=1S/C15H28N2O3/c1-3-11(4-2)9-16-15(20)17-10-12-5-7-13(8-6-12)14(18)19/h11-13H,3-10H2,1-2H3,(H,18,19)(H2,16,17,20). The number of carbonyl (C=O) groups excluding carboxylic acids is 1. The maximum absolute atomic E-state index is 11.7. The Bertz CT molecular complexity index is 308. The highest BCUT2D eigenvalue weighted by Gasteiger charge is 2.25. The Morgan fingerprint density at radius 1 is 1.10 bits per heavy atom. The summed E-state index contributed by atoms with van der Waals surface area (Å²) in [4.78, 5) is 22.5. The lowest BCUT2D eigenvalue weighted by molar-refractivity contribution is -0.143. The van der Waals surface area contributed by atoms with Crippen LogP contribution in [-0.4, -0.2) is 30.2 Å². The van der Waals surface area contributed by atoms with Crippen molar-refractivity contribution < 1.29 is 14.7 Å². The van der Waals surface area contributed by atoms with Crippen molar-refractivity contribution in [1.29, 1.82) is 0 Å². The first kappa shape index (κ1) is 16.8. The second-order valence-electron chi connectivity index (χ2n) is 5.83. The van der Waals surface area contributed by atoms with Crippen LogP contribution in [0.2, 0.25) is 0 Å². The van der Waals surface area contributed by atoms with Crippen LogP contribution in [-0.2, 0) is 4.79 Å². The summed E-state index contributed by atoms with van der Waals surface area (Å²) < 4.78 is 0. The first-order valence-electron chi connectivity index (χ1n) is 7.81. The van der Waals surface area contributed by atoms with E-state index in [0.29, 0.717) is 18.4 Å². The third-order valence-electron chi connectivity index (χ3n) is 4.45. The number of nitrogens with one attached hydrogen (secondary N) is 2.